The number of hydrogen-bond donors (Lipinski definition) is 1. The fourth-order valence-corrected chi connectivity index (χ4v) is 2.63. The number of sulfone groups is 1. The Morgan fingerprint density at radius 1 is 1.50 bits per heavy atom. The smallest absolute Gasteiger partial charge is 0.267 e. The van der Waals surface area contributed by atoms with E-state index in [1.54, 1.807) is 13.0 Å². The molecule has 1 N–H and O–H groups in total. The van der Waals surface area contributed by atoms with Gasteiger partial charge >= 0.3 is 0 Å². The number of hydrogen-bond acceptors (Lipinski definition) is 5. The van der Waals surface area contributed by atoms with Crippen LogP contribution in [0.25, 0.3) is 0 Å². The zero-order chi connectivity index (χ0) is 13.2. The Bertz CT molecular complexity index is 592. The highest BCUT2D eigenvalue weighted by molar-refractivity contribution is 7.91. The van der Waals surface area contributed by atoms with Crippen LogP contribution in [0, 0.1) is 0 Å². The summed E-state index contributed by atoms with van der Waals surface area (Å²) in [7, 11) is -3.07. The zero-order valence-corrected chi connectivity index (χ0v) is 11.2. The zero-order valence-electron chi connectivity index (χ0n) is 10.3. The number of aromatic nitrogens is 2. The van der Waals surface area contributed by atoms with Crippen molar-refractivity contribution >= 4 is 9.84 Å². The predicted molar refractivity (Wildman–Crippen MR) is 68.2 cm³/mol. The van der Waals surface area contributed by atoms with E-state index in [0.29, 0.717) is 6.54 Å². The standard InChI is InChI=1S/C11H17N3O3S/c1-2-18(16,17)6-5-14-11(15)7-9-8-12-4-3-10(9)13-14/h7,12H,2-6,8H2,1H3. The van der Waals surface area contributed by atoms with Gasteiger partial charge in [0.2, 0.25) is 0 Å². The van der Waals surface area contributed by atoms with Crippen molar-refractivity contribution in [1.82, 2.24) is 15.1 Å². The van der Waals surface area contributed by atoms with Crippen LogP contribution in [0.3, 0.4) is 0 Å². The Kier molecular flexibility index (Phi) is 3.82. The lowest BCUT2D eigenvalue weighted by Gasteiger charge is -2.16. The second-order valence-electron chi connectivity index (χ2n) is 4.34. The number of nitrogens with one attached hydrogen (secondary N) is 1. The molecule has 0 spiro atoms. The summed E-state index contributed by atoms with van der Waals surface area (Å²) in [6.45, 7) is 3.23. The molecule has 0 fully saturated rings. The summed E-state index contributed by atoms with van der Waals surface area (Å²) in [4.78, 5) is 11.8. The Morgan fingerprint density at radius 2 is 2.28 bits per heavy atom. The molecule has 0 amide bonds. The van der Waals surface area contributed by atoms with Crippen LogP contribution in [0.1, 0.15) is 18.2 Å². The molecular weight excluding hydrogens is 254 g/mol. The van der Waals surface area contributed by atoms with Gasteiger partial charge in [-0.05, 0) is 5.56 Å². The lowest BCUT2D eigenvalue weighted by molar-refractivity contribution is 0.542. The Morgan fingerprint density at radius 3 is 3.00 bits per heavy atom. The molecule has 0 unspecified atom stereocenters. The van der Waals surface area contributed by atoms with Crippen molar-refractivity contribution in [3.63, 3.8) is 0 Å². The molecule has 0 aliphatic carbocycles. The van der Waals surface area contributed by atoms with Gasteiger partial charge in [0.1, 0.15) is 0 Å². The van der Waals surface area contributed by atoms with E-state index < -0.39 is 9.84 Å². The first-order valence-corrected chi connectivity index (χ1v) is 7.85. The van der Waals surface area contributed by atoms with Gasteiger partial charge in [-0.15, -0.1) is 0 Å². The summed E-state index contributed by atoms with van der Waals surface area (Å²) in [5, 5.41) is 7.42. The first-order valence-electron chi connectivity index (χ1n) is 6.03. The van der Waals surface area contributed by atoms with Crippen molar-refractivity contribution in [3.05, 3.63) is 27.7 Å². The van der Waals surface area contributed by atoms with Crippen LogP contribution in [0.5, 0.6) is 0 Å². The highest BCUT2D eigenvalue weighted by Gasteiger charge is 2.14. The summed E-state index contributed by atoms with van der Waals surface area (Å²) >= 11 is 0. The summed E-state index contributed by atoms with van der Waals surface area (Å²) in [5.74, 6) is 0.0596. The summed E-state index contributed by atoms with van der Waals surface area (Å²) in [6.07, 6.45) is 0.774. The Labute approximate surface area is 106 Å². The minimum Gasteiger partial charge on any atom is -0.312 e. The van der Waals surface area contributed by atoms with E-state index in [1.807, 2.05) is 0 Å². The summed E-state index contributed by atoms with van der Waals surface area (Å²) in [5.41, 5.74) is 1.58. The minimum atomic E-state index is -3.07. The van der Waals surface area contributed by atoms with Crippen molar-refractivity contribution in [2.24, 2.45) is 0 Å². The SMILES string of the molecule is CCS(=O)(=O)CCn1nc2c(cc1=O)CNCC2. The lowest BCUT2D eigenvalue weighted by atomic mass is 10.1. The van der Waals surface area contributed by atoms with Crippen LogP contribution < -0.4 is 10.9 Å². The molecule has 0 aromatic carbocycles. The number of rotatable bonds is 4. The highest BCUT2D eigenvalue weighted by Crippen LogP contribution is 2.07. The third-order valence-electron chi connectivity index (χ3n) is 3.07. The molecule has 0 bridgehead atoms. The molecule has 2 heterocycles. The molecule has 0 radical (unpaired) electrons. The molecule has 1 aliphatic heterocycles. The summed E-state index contributed by atoms with van der Waals surface area (Å²) in [6, 6.07) is 1.55. The van der Waals surface area contributed by atoms with Gasteiger partial charge in [-0.3, -0.25) is 4.79 Å². The number of nitrogens with zero attached hydrogens (tertiary/aromatic N) is 2. The van der Waals surface area contributed by atoms with Crippen LogP contribution in [0.4, 0.5) is 0 Å². The molecule has 6 nitrogen and oxygen atoms in total. The Balaban J connectivity index is 2.21. The lowest BCUT2D eigenvalue weighted by Crippen LogP contribution is -2.33. The van der Waals surface area contributed by atoms with E-state index in [0.717, 1.165) is 24.2 Å². The van der Waals surface area contributed by atoms with E-state index in [1.165, 1.54) is 4.68 Å². The normalized spacial score (nSPS) is 15.4. The second kappa shape index (κ2) is 5.19. The van der Waals surface area contributed by atoms with Crippen LogP contribution >= 0.6 is 0 Å². The molecule has 7 heteroatoms. The topological polar surface area (TPSA) is 81.1 Å². The van der Waals surface area contributed by atoms with Gasteiger partial charge in [0.25, 0.3) is 5.56 Å². The van der Waals surface area contributed by atoms with E-state index >= 15 is 0 Å². The average Bonchev–Trinajstić information content (AvgIpc) is 2.36. The van der Waals surface area contributed by atoms with Crippen LogP contribution in [0.15, 0.2) is 10.9 Å². The number of aryl methyl sites for hydroxylation is 1. The highest BCUT2D eigenvalue weighted by atomic mass is 32.2. The Hall–Kier alpha value is -1.21. The van der Waals surface area contributed by atoms with Crippen LogP contribution in [-0.4, -0.2) is 36.2 Å². The van der Waals surface area contributed by atoms with Gasteiger partial charge in [-0.25, -0.2) is 13.1 Å². The number of fused-ring (bicyclic) bond motifs is 1. The van der Waals surface area contributed by atoms with Crippen molar-refractivity contribution < 1.29 is 8.42 Å². The largest absolute Gasteiger partial charge is 0.312 e. The van der Waals surface area contributed by atoms with Crippen molar-refractivity contribution in [2.45, 2.75) is 26.4 Å². The molecule has 2 rings (SSSR count). The van der Waals surface area contributed by atoms with E-state index in [2.05, 4.69) is 10.4 Å². The summed E-state index contributed by atoms with van der Waals surface area (Å²) < 4.78 is 24.1. The van der Waals surface area contributed by atoms with Gasteiger partial charge in [0.15, 0.2) is 9.84 Å². The minimum absolute atomic E-state index is 0.0343. The maximum atomic E-state index is 11.8. The molecule has 1 aliphatic rings. The average molecular weight is 271 g/mol. The molecular formula is C11H17N3O3S. The third kappa shape index (κ3) is 2.97. The second-order valence-corrected chi connectivity index (χ2v) is 6.81. The molecule has 18 heavy (non-hydrogen) atoms. The first kappa shape index (κ1) is 13.2. The molecule has 0 atom stereocenters. The predicted octanol–water partition coefficient (Wildman–Crippen LogP) is -0.676. The maximum Gasteiger partial charge on any atom is 0.267 e. The first-order chi connectivity index (χ1) is 8.52. The van der Waals surface area contributed by atoms with Gasteiger partial charge in [0, 0.05) is 31.3 Å². The fourth-order valence-electron chi connectivity index (χ4n) is 1.89. The van der Waals surface area contributed by atoms with Crippen molar-refractivity contribution in [1.29, 1.82) is 0 Å². The quantitative estimate of drug-likeness (QED) is 0.785. The fraction of sp³-hybridized carbons (Fsp3) is 0.636. The van der Waals surface area contributed by atoms with Gasteiger partial charge in [0.05, 0.1) is 18.0 Å². The van der Waals surface area contributed by atoms with Gasteiger partial charge in [-0.1, -0.05) is 6.92 Å². The van der Waals surface area contributed by atoms with E-state index in [-0.39, 0.29) is 23.6 Å². The maximum absolute atomic E-state index is 11.8. The van der Waals surface area contributed by atoms with Crippen LogP contribution in [0.2, 0.25) is 0 Å². The van der Waals surface area contributed by atoms with Gasteiger partial charge in [-0.2, -0.15) is 5.10 Å². The van der Waals surface area contributed by atoms with Crippen LogP contribution in [-0.2, 0) is 29.3 Å². The molecule has 0 saturated carbocycles. The van der Waals surface area contributed by atoms with E-state index in [4.69, 9.17) is 0 Å². The third-order valence-corrected chi connectivity index (χ3v) is 4.76. The molecule has 1 aromatic heterocycles. The van der Waals surface area contributed by atoms with E-state index in [9.17, 15) is 13.2 Å². The molecule has 1 aromatic rings. The molecule has 100 valence electrons. The molecule has 0 saturated heterocycles. The van der Waals surface area contributed by atoms with Gasteiger partial charge < -0.3 is 5.32 Å². The van der Waals surface area contributed by atoms with Crippen molar-refractivity contribution in [3.8, 4) is 0 Å². The monoisotopic (exact) mass is 271 g/mol. The van der Waals surface area contributed by atoms with Crippen molar-refractivity contribution in [2.75, 3.05) is 18.1 Å².